The molecule has 1 aliphatic heterocycles. The highest BCUT2D eigenvalue weighted by molar-refractivity contribution is 7.99. The minimum Gasteiger partial charge on any atom is -0.744 e. The number of fused-ring (bicyclic) bond motifs is 2. The summed E-state index contributed by atoms with van der Waals surface area (Å²) in [5, 5.41) is 1.67. The molecular formula is C51H46N2O4S3. The molecule has 1 aliphatic carbocycles. The van der Waals surface area contributed by atoms with Gasteiger partial charge in [0.05, 0.1) is 11.0 Å². The fourth-order valence-electron chi connectivity index (χ4n) is 7.75. The van der Waals surface area contributed by atoms with Crippen molar-refractivity contribution < 1.29 is 17.4 Å². The van der Waals surface area contributed by atoms with Gasteiger partial charge in [-0.1, -0.05) is 91.0 Å². The Balaban J connectivity index is 1.28. The Kier molecular flexibility index (Phi) is 12.9. The van der Waals surface area contributed by atoms with Crippen LogP contribution >= 0.6 is 23.5 Å². The van der Waals surface area contributed by atoms with Gasteiger partial charge < -0.3 is 13.9 Å². The Morgan fingerprint density at radius 1 is 0.633 bits per heavy atom. The van der Waals surface area contributed by atoms with Crippen LogP contribution in [0.3, 0.4) is 0 Å². The van der Waals surface area contributed by atoms with Gasteiger partial charge in [0.25, 0.3) is 0 Å². The van der Waals surface area contributed by atoms with E-state index >= 15 is 0 Å². The summed E-state index contributed by atoms with van der Waals surface area (Å²) in [7, 11) is -4.81. The van der Waals surface area contributed by atoms with Gasteiger partial charge in [-0.15, -0.1) is 23.5 Å². The molecule has 0 radical (unpaired) electrons. The molecule has 0 fully saturated rings. The molecule has 0 spiro atoms. The summed E-state index contributed by atoms with van der Waals surface area (Å²) < 4.78 is 47.7. The monoisotopic (exact) mass is 846 g/mol. The lowest BCUT2D eigenvalue weighted by atomic mass is 9.93. The van der Waals surface area contributed by atoms with Gasteiger partial charge in [-0.2, -0.15) is 4.58 Å². The van der Waals surface area contributed by atoms with Gasteiger partial charge in [-0.3, -0.25) is 0 Å². The molecule has 60 heavy (non-hydrogen) atoms. The third-order valence-corrected chi connectivity index (χ3v) is 13.7. The number of hydrogen-bond acceptors (Lipinski definition) is 7. The predicted octanol–water partition coefficient (Wildman–Crippen LogP) is 12.3. The molecule has 6 aromatic carbocycles. The number of benzene rings is 7. The highest BCUT2D eigenvalue weighted by Gasteiger charge is 2.24. The Morgan fingerprint density at radius 2 is 1.27 bits per heavy atom. The Morgan fingerprint density at radius 3 is 1.97 bits per heavy atom. The summed E-state index contributed by atoms with van der Waals surface area (Å²) in [6.07, 6.45) is 1.87. The maximum atomic E-state index is 12.8. The van der Waals surface area contributed by atoms with Crippen molar-refractivity contribution in [2.75, 3.05) is 29.5 Å². The second kappa shape index (κ2) is 18.8. The van der Waals surface area contributed by atoms with E-state index in [-0.39, 0.29) is 4.90 Å². The molecule has 0 unspecified atom stereocenters. The molecule has 9 heteroatoms. The Labute approximate surface area is 361 Å². The van der Waals surface area contributed by atoms with Gasteiger partial charge in [0, 0.05) is 85.7 Å². The van der Waals surface area contributed by atoms with Crippen LogP contribution in [0.4, 0.5) is 17.1 Å². The first kappa shape index (κ1) is 41.2. The molecule has 6 aromatic rings. The maximum absolute atomic E-state index is 12.8. The van der Waals surface area contributed by atoms with E-state index in [9.17, 15) is 13.0 Å². The van der Waals surface area contributed by atoms with Gasteiger partial charge in [-0.05, 0) is 86.2 Å². The van der Waals surface area contributed by atoms with Crippen LogP contribution < -0.4 is 14.8 Å². The van der Waals surface area contributed by atoms with E-state index in [1.807, 2.05) is 47.8 Å². The van der Waals surface area contributed by atoms with Crippen LogP contribution in [-0.4, -0.2) is 37.6 Å². The minimum absolute atomic E-state index is 0.262. The SMILES string of the molecule is Cc1ccccc1N(CCCSc1ccccc1)c1ccc2c(-c3ccccc3S(=O)(=O)[O-])c3ccc(=[N+](CCCSc4ccccc4)c4ccccc4C)cc-3oc2c1. The number of hydrogen-bond donors (Lipinski definition) is 0. The second-order valence-electron chi connectivity index (χ2n) is 14.7. The first-order valence-corrected chi connectivity index (χ1v) is 23.5. The molecule has 0 saturated heterocycles. The number of thioether (sulfide) groups is 2. The molecule has 2 aliphatic rings. The number of aryl methyl sites for hydroxylation is 2. The zero-order valence-electron chi connectivity index (χ0n) is 33.7. The van der Waals surface area contributed by atoms with Gasteiger partial charge in [0.15, 0.2) is 0 Å². The normalized spacial score (nSPS) is 12.2. The quantitative estimate of drug-likeness (QED) is 0.0334. The largest absolute Gasteiger partial charge is 0.744 e. The fourth-order valence-corrected chi connectivity index (χ4v) is 10.2. The van der Waals surface area contributed by atoms with Gasteiger partial charge >= 0.3 is 0 Å². The Hall–Kier alpha value is -5.58. The van der Waals surface area contributed by atoms with Crippen LogP contribution in [-0.2, 0) is 10.1 Å². The van der Waals surface area contributed by atoms with Crippen molar-refractivity contribution in [3.63, 3.8) is 0 Å². The van der Waals surface area contributed by atoms with Crippen molar-refractivity contribution in [3.05, 3.63) is 186 Å². The van der Waals surface area contributed by atoms with E-state index in [0.717, 1.165) is 71.0 Å². The van der Waals surface area contributed by atoms with E-state index in [1.165, 1.54) is 15.9 Å². The van der Waals surface area contributed by atoms with Crippen molar-refractivity contribution in [1.29, 1.82) is 0 Å². The topological polar surface area (TPSA) is 76.6 Å². The van der Waals surface area contributed by atoms with Crippen LogP contribution in [0.1, 0.15) is 24.0 Å². The lowest BCUT2D eigenvalue weighted by Crippen LogP contribution is -2.27. The van der Waals surface area contributed by atoms with E-state index in [0.29, 0.717) is 33.4 Å². The van der Waals surface area contributed by atoms with Crippen molar-refractivity contribution in [1.82, 2.24) is 4.58 Å². The molecule has 0 saturated carbocycles. The average Bonchev–Trinajstić information content (AvgIpc) is 3.26. The number of para-hydroxylation sites is 2. The van der Waals surface area contributed by atoms with Crippen molar-refractivity contribution in [3.8, 4) is 22.5 Å². The molecule has 0 atom stereocenters. The van der Waals surface area contributed by atoms with E-state index in [2.05, 4.69) is 145 Å². The molecule has 0 aromatic heterocycles. The van der Waals surface area contributed by atoms with E-state index in [1.54, 1.807) is 18.2 Å². The van der Waals surface area contributed by atoms with Gasteiger partial charge in [0.2, 0.25) is 11.0 Å². The minimum atomic E-state index is -4.81. The van der Waals surface area contributed by atoms with Crippen molar-refractivity contribution >= 4 is 61.7 Å². The van der Waals surface area contributed by atoms with Gasteiger partial charge in [-0.25, -0.2) is 8.42 Å². The Bertz CT molecular complexity index is 2900. The predicted molar refractivity (Wildman–Crippen MR) is 249 cm³/mol. The second-order valence-corrected chi connectivity index (χ2v) is 18.4. The van der Waals surface area contributed by atoms with E-state index in [4.69, 9.17) is 4.42 Å². The zero-order valence-corrected chi connectivity index (χ0v) is 36.1. The lowest BCUT2D eigenvalue weighted by Gasteiger charge is -2.27. The van der Waals surface area contributed by atoms with Crippen molar-refractivity contribution in [2.24, 2.45) is 0 Å². The fraction of sp³-hybridized carbons (Fsp3) is 0.157. The summed E-state index contributed by atoms with van der Waals surface area (Å²) >= 11 is 3.69. The standard InChI is InChI=1S/C51H46N2O4S3/c1-37-17-9-12-24-46(37)52(31-15-33-58-41-19-5-3-6-20-41)39-27-29-43-48(35-39)57-49-36-40(28-30-44(49)51(43)45-23-11-14-26-50(45)60(54,55)56)53(47-25-13-10-18-38(47)2)32-16-34-59-42-21-7-4-8-22-42/h3-14,17-30,35-36H,15-16,31-34H2,1-2H3. The highest BCUT2D eigenvalue weighted by atomic mass is 32.2. The summed E-state index contributed by atoms with van der Waals surface area (Å²) in [5.41, 5.74) is 7.76. The van der Waals surface area contributed by atoms with Crippen LogP contribution in [0, 0.1) is 13.8 Å². The third kappa shape index (κ3) is 9.40. The molecule has 302 valence electrons. The number of nitrogens with zero attached hydrogens (tertiary/aromatic N) is 2. The molecule has 0 amide bonds. The zero-order chi connectivity index (χ0) is 41.5. The molecular weight excluding hydrogens is 801 g/mol. The molecule has 0 N–H and O–H groups in total. The lowest BCUT2D eigenvalue weighted by molar-refractivity contribution is 0.463. The first-order valence-electron chi connectivity index (χ1n) is 20.2. The number of rotatable bonds is 15. The first-order chi connectivity index (χ1) is 29.2. The molecule has 0 bridgehead atoms. The average molecular weight is 847 g/mol. The van der Waals surface area contributed by atoms with Crippen LogP contribution in [0.25, 0.3) is 33.4 Å². The highest BCUT2D eigenvalue weighted by Crippen LogP contribution is 2.43. The maximum Gasteiger partial charge on any atom is 0.209 e. The number of anilines is 2. The molecule has 8 rings (SSSR count). The summed E-state index contributed by atoms with van der Waals surface area (Å²) in [4.78, 5) is 4.56. The summed E-state index contributed by atoms with van der Waals surface area (Å²) in [5.74, 6) is 2.49. The van der Waals surface area contributed by atoms with Crippen LogP contribution in [0.5, 0.6) is 0 Å². The summed E-state index contributed by atoms with van der Waals surface area (Å²) in [6, 6.07) is 56.4. The third-order valence-electron chi connectivity index (χ3n) is 10.6. The molecule has 6 nitrogen and oxygen atoms in total. The van der Waals surface area contributed by atoms with Crippen LogP contribution in [0.15, 0.2) is 189 Å². The smallest absolute Gasteiger partial charge is 0.209 e. The molecule has 1 heterocycles. The van der Waals surface area contributed by atoms with Gasteiger partial charge in [0.1, 0.15) is 28.0 Å². The summed E-state index contributed by atoms with van der Waals surface area (Å²) in [6.45, 7) is 5.79. The van der Waals surface area contributed by atoms with Crippen molar-refractivity contribution in [2.45, 2.75) is 41.4 Å². The van der Waals surface area contributed by atoms with Crippen LogP contribution in [0.2, 0.25) is 0 Å². The van der Waals surface area contributed by atoms with E-state index < -0.39 is 10.1 Å².